The van der Waals surface area contributed by atoms with Crippen LogP contribution >= 0.6 is 0 Å². The highest BCUT2D eigenvalue weighted by Crippen LogP contribution is 2.30. The van der Waals surface area contributed by atoms with Crippen molar-refractivity contribution < 1.29 is 9.52 Å². The maximum atomic E-state index is 11.5. The minimum atomic E-state index is -0.363. The van der Waals surface area contributed by atoms with Crippen LogP contribution in [0.1, 0.15) is 44.8 Å². The van der Waals surface area contributed by atoms with Gasteiger partial charge in [0.25, 0.3) is 0 Å². The molecule has 2 unspecified atom stereocenters. The van der Waals surface area contributed by atoms with Crippen LogP contribution in [0.5, 0.6) is 5.75 Å². The van der Waals surface area contributed by atoms with Crippen LogP contribution < -0.4 is 10.7 Å². The summed E-state index contributed by atoms with van der Waals surface area (Å²) in [5, 5.41) is 12.9. The Morgan fingerprint density at radius 1 is 1.38 bits per heavy atom. The molecule has 0 spiro atoms. The Morgan fingerprint density at radius 3 is 2.71 bits per heavy atom. The van der Waals surface area contributed by atoms with Crippen LogP contribution in [-0.2, 0) is 6.54 Å². The molecule has 5 heteroatoms. The summed E-state index contributed by atoms with van der Waals surface area (Å²) >= 11 is 0. The van der Waals surface area contributed by atoms with Gasteiger partial charge in [0.2, 0.25) is 5.43 Å². The zero-order chi connectivity index (χ0) is 14.8. The van der Waals surface area contributed by atoms with Crippen molar-refractivity contribution in [1.29, 1.82) is 0 Å². The normalized spacial score (nSPS) is 28.2. The van der Waals surface area contributed by atoms with Gasteiger partial charge in [0.1, 0.15) is 12.0 Å². The maximum absolute atomic E-state index is 11.5. The number of rotatable bonds is 5. The molecule has 116 valence electrons. The van der Waals surface area contributed by atoms with E-state index in [9.17, 15) is 9.90 Å². The predicted octanol–water partition coefficient (Wildman–Crippen LogP) is 1.84. The minimum absolute atomic E-state index is 0.319. The standard InChI is InChI=1S/C16H24N2O3/c1-2-5-18(9-14-8-15(19)16(20)10-21-14)13-6-11-3-4-12(7-13)17-11/h8,10-13,17,20H,2-7,9H2,1H3. The predicted molar refractivity (Wildman–Crippen MR) is 80.3 cm³/mol. The molecule has 0 aromatic carbocycles. The van der Waals surface area contributed by atoms with E-state index in [-0.39, 0.29) is 11.2 Å². The zero-order valence-corrected chi connectivity index (χ0v) is 12.5. The highest BCUT2D eigenvalue weighted by atomic mass is 16.4. The average Bonchev–Trinajstić information content (AvgIpc) is 2.81. The van der Waals surface area contributed by atoms with Gasteiger partial charge in [-0.05, 0) is 38.6 Å². The third-order valence-electron chi connectivity index (χ3n) is 4.70. The zero-order valence-electron chi connectivity index (χ0n) is 12.5. The van der Waals surface area contributed by atoms with E-state index < -0.39 is 0 Å². The number of aromatic hydroxyl groups is 1. The van der Waals surface area contributed by atoms with Crippen LogP contribution in [0.3, 0.4) is 0 Å². The highest BCUT2D eigenvalue weighted by Gasteiger charge is 2.35. The van der Waals surface area contributed by atoms with E-state index in [1.807, 2.05) is 0 Å². The van der Waals surface area contributed by atoms with Crippen molar-refractivity contribution in [3.63, 3.8) is 0 Å². The van der Waals surface area contributed by atoms with Crippen molar-refractivity contribution >= 4 is 0 Å². The molecule has 0 aliphatic carbocycles. The lowest BCUT2D eigenvalue weighted by molar-refractivity contribution is 0.124. The van der Waals surface area contributed by atoms with Gasteiger partial charge in [0.05, 0.1) is 6.54 Å². The molecular weight excluding hydrogens is 268 g/mol. The van der Waals surface area contributed by atoms with Gasteiger partial charge in [-0.1, -0.05) is 6.92 Å². The SMILES string of the molecule is CCCN(Cc1cc(=O)c(O)co1)C1CC2CCC(C1)N2. The summed E-state index contributed by atoms with van der Waals surface area (Å²) in [6.07, 6.45) is 7.16. The average molecular weight is 292 g/mol. The molecule has 0 saturated carbocycles. The van der Waals surface area contributed by atoms with E-state index in [0.717, 1.165) is 19.2 Å². The van der Waals surface area contributed by atoms with Gasteiger partial charge in [-0.2, -0.15) is 0 Å². The number of nitrogens with one attached hydrogen (secondary N) is 1. The summed E-state index contributed by atoms with van der Waals surface area (Å²) < 4.78 is 5.37. The van der Waals surface area contributed by atoms with Crippen molar-refractivity contribution in [1.82, 2.24) is 10.2 Å². The van der Waals surface area contributed by atoms with Crippen LogP contribution in [0.4, 0.5) is 0 Å². The lowest BCUT2D eigenvalue weighted by Gasteiger charge is -2.37. The molecule has 1 aromatic heterocycles. The summed E-state index contributed by atoms with van der Waals surface area (Å²) in [5.74, 6) is 0.317. The first kappa shape index (κ1) is 14.6. The molecule has 1 aromatic rings. The van der Waals surface area contributed by atoms with Gasteiger partial charge in [-0.25, -0.2) is 0 Å². The molecule has 2 bridgehead atoms. The summed E-state index contributed by atoms with van der Waals surface area (Å²) in [6, 6.07) is 3.27. The van der Waals surface area contributed by atoms with E-state index in [2.05, 4.69) is 17.1 Å². The van der Waals surface area contributed by atoms with Crippen molar-refractivity contribution in [3.8, 4) is 5.75 Å². The number of hydrogen-bond donors (Lipinski definition) is 2. The number of hydrogen-bond acceptors (Lipinski definition) is 5. The van der Waals surface area contributed by atoms with E-state index in [0.29, 0.717) is 30.4 Å². The van der Waals surface area contributed by atoms with E-state index in [4.69, 9.17) is 4.42 Å². The number of nitrogens with zero attached hydrogens (tertiary/aromatic N) is 1. The largest absolute Gasteiger partial charge is 0.502 e. The van der Waals surface area contributed by atoms with Crippen molar-refractivity contribution in [2.24, 2.45) is 0 Å². The Labute approximate surface area is 125 Å². The van der Waals surface area contributed by atoms with E-state index in [1.165, 1.54) is 31.7 Å². The third-order valence-corrected chi connectivity index (χ3v) is 4.70. The second-order valence-corrected chi connectivity index (χ2v) is 6.33. The fraction of sp³-hybridized carbons (Fsp3) is 0.688. The molecule has 2 aliphatic rings. The molecule has 3 rings (SSSR count). The van der Waals surface area contributed by atoms with Gasteiger partial charge in [0.15, 0.2) is 5.75 Å². The second-order valence-electron chi connectivity index (χ2n) is 6.33. The van der Waals surface area contributed by atoms with Crippen LogP contribution in [0.25, 0.3) is 0 Å². The van der Waals surface area contributed by atoms with Gasteiger partial charge >= 0.3 is 0 Å². The molecule has 2 saturated heterocycles. The fourth-order valence-electron chi connectivity index (χ4n) is 3.73. The van der Waals surface area contributed by atoms with Crippen LogP contribution in [0.15, 0.2) is 21.5 Å². The minimum Gasteiger partial charge on any atom is -0.502 e. The van der Waals surface area contributed by atoms with Gasteiger partial charge < -0.3 is 14.8 Å². The van der Waals surface area contributed by atoms with Crippen LogP contribution in [0.2, 0.25) is 0 Å². The quantitative estimate of drug-likeness (QED) is 0.867. The molecule has 0 radical (unpaired) electrons. The molecule has 21 heavy (non-hydrogen) atoms. The maximum Gasteiger partial charge on any atom is 0.226 e. The molecular formula is C16H24N2O3. The fourth-order valence-corrected chi connectivity index (χ4v) is 3.73. The summed E-state index contributed by atoms with van der Waals surface area (Å²) in [5.41, 5.74) is -0.363. The summed E-state index contributed by atoms with van der Waals surface area (Å²) in [6.45, 7) is 3.83. The summed E-state index contributed by atoms with van der Waals surface area (Å²) in [7, 11) is 0. The van der Waals surface area contributed by atoms with Crippen LogP contribution in [0, 0.1) is 0 Å². The molecule has 3 heterocycles. The van der Waals surface area contributed by atoms with Crippen LogP contribution in [-0.4, -0.2) is 34.7 Å². The Bertz CT molecular complexity index is 531. The Balaban J connectivity index is 1.71. The molecule has 2 N–H and O–H groups in total. The Morgan fingerprint density at radius 2 is 2.10 bits per heavy atom. The van der Waals surface area contributed by atoms with E-state index in [1.54, 1.807) is 0 Å². The first-order valence-electron chi connectivity index (χ1n) is 7.96. The highest BCUT2D eigenvalue weighted by molar-refractivity contribution is 5.15. The van der Waals surface area contributed by atoms with Crippen molar-refractivity contribution in [3.05, 3.63) is 28.3 Å². The second kappa shape index (κ2) is 6.20. The monoisotopic (exact) mass is 292 g/mol. The molecule has 5 nitrogen and oxygen atoms in total. The first-order valence-corrected chi connectivity index (χ1v) is 7.96. The molecule has 2 fully saturated rings. The Kier molecular flexibility index (Phi) is 4.31. The summed E-state index contributed by atoms with van der Waals surface area (Å²) in [4.78, 5) is 14.0. The molecule has 2 aliphatic heterocycles. The van der Waals surface area contributed by atoms with Crippen molar-refractivity contribution in [2.75, 3.05) is 6.54 Å². The number of piperidine rings is 1. The first-order chi connectivity index (χ1) is 10.2. The Hall–Kier alpha value is -1.33. The lowest BCUT2D eigenvalue weighted by atomic mass is 9.97. The van der Waals surface area contributed by atoms with Gasteiger partial charge in [-0.3, -0.25) is 9.69 Å². The van der Waals surface area contributed by atoms with Gasteiger partial charge in [0, 0.05) is 24.2 Å². The molecule has 2 atom stereocenters. The smallest absolute Gasteiger partial charge is 0.226 e. The van der Waals surface area contributed by atoms with Gasteiger partial charge in [-0.15, -0.1) is 0 Å². The van der Waals surface area contributed by atoms with E-state index >= 15 is 0 Å². The number of fused-ring (bicyclic) bond motifs is 2. The lowest BCUT2D eigenvalue weighted by Crippen LogP contribution is -2.48. The van der Waals surface area contributed by atoms with Crippen molar-refractivity contribution in [2.45, 2.75) is 63.7 Å². The topological polar surface area (TPSA) is 65.7 Å². The molecule has 0 amide bonds. The third kappa shape index (κ3) is 3.30.